The number of amides is 2. The fraction of sp³-hybridized carbons (Fsp3) is 0.462. The second-order valence-corrected chi connectivity index (χ2v) is 5.67. The molecule has 0 aliphatic carbocycles. The molecule has 1 heterocycles. The summed E-state index contributed by atoms with van der Waals surface area (Å²) in [4.78, 5) is 35.1. The van der Waals surface area contributed by atoms with Crippen LogP contribution < -0.4 is 10.6 Å². The van der Waals surface area contributed by atoms with Crippen molar-refractivity contribution in [2.45, 2.75) is 25.9 Å². The Labute approximate surface area is 125 Å². The number of alkyl halides is 1. The molecule has 21 heavy (non-hydrogen) atoms. The van der Waals surface area contributed by atoms with Crippen molar-refractivity contribution in [1.29, 1.82) is 0 Å². The standard InChI is InChI=1S/C13H17FN2O4S/c1-7(2)10(12(18)15-8(6-14)13(19)20)16-11(17)9-4-3-5-21-9/h3-5,7-8,10H,6H2,1-2H3,(H,15,18)(H,16,17)(H,19,20). The van der Waals surface area contributed by atoms with Crippen molar-refractivity contribution < 1.29 is 23.9 Å². The lowest BCUT2D eigenvalue weighted by atomic mass is 10.0. The number of carboxylic acid groups (broad SMARTS) is 1. The number of carbonyl (C=O) groups excluding carboxylic acids is 2. The van der Waals surface area contributed by atoms with E-state index in [1.165, 1.54) is 11.3 Å². The normalized spacial score (nSPS) is 13.5. The van der Waals surface area contributed by atoms with E-state index in [0.717, 1.165) is 0 Å². The van der Waals surface area contributed by atoms with E-state index in [-0.39, 0.29) is 5.92 Å². The predicted molar refractivity (Wildman–Crippen MR) is 76.0 cm³/mol. The van der Waals surface area contributed by atoms with Gasteiger partial charge in [0.25, 0.3) is 5.91 Å². The van der Waals surface area contributed by atoms with Crippen LogP contribution in [0, 0.1) is 5.92 Å². The Kier molecular flexibility index (Phi) is 6.29. The molecule has 0 bridgehead atoms. The quantitative estimate of drug-likeness (QED) is 0.700. The lowest BCUT2D eigenvalue weighted by Gasteiger charge is -2.22. The first-order valence-corrected chi connectivity index (χ1v) is 7.18. The van der Waals surface area contributed by atoms with E-state index >= 15 is 0 Å². The van der Waals surface area contributed by atoms with Gasteiger partial charge < -0.3 is 15.7 Å². The summed E-state index contributed by atoms with van der Waals surface area (Å²) in [6, 6.07) is 0.759. The van der Waals surface area contributed by atoms with Gasteiger partial charge in [-0.25, -0.2) is 9.18 Å². The van der Waals surface area contributed by atoms with Crippen molar-refractivity contribution in [3.8, 4) is 0 Å². The van der Waals surface area contributed by atoms with Crippen LogP contribution in [0.3, 0.4) is 0 Å². The Morgan fingerprint density at radius 3 is 2.43 bits per heavy atom. The highest BCUT2D eigenvalue weighted by atomic mass is 32.1. The zero-order chi connectivity index (χ0) is 16.0. The first kappa shape index (κ1) is 17.1. The number of hydrogen-bond acceptors (Lipinski definition) is 4. The maximum absolute atomic E-state index is 12.5. The van der Waals surface area contributed by atoms with Crippen LogP contribution in [0.15, 0.2) is 17.5 Å². The topological polar surface area (TPSA) is 95.5 Å². The molecule has 0 aliphatic heterocycles. The number of carbonyl (C=O) groups is 3. The van der Waals surface area contributed by atoms with Crippen LogP contribution in [-0.2, 0) is 9.59 Å². The largest absolute Gasteiger partial charge is 0.480 e. The third kappa shape index (κ3) is 4.82. The molecule has 1 rings (SSSR count). The average molecular weight is 316 g/mol. The van der Waals surface area contributed by atoms with Crippen LogP contribution in [-0.4, -0.2) is 41.6 Å². The summed E-state index contributed by atoms with van der Waals surface area (Å²) in [6.07, 6.45) is 0. The summed E-state index contributed by atoms with van der Waals surface area (Å²) >= 11 is 1.22. The summed E-state index contributed by atoms with van der Waals surface area (Å²) in [7, 11) is 0. The molecule has 3 N–H and O–H groups in total. The highest BCUT2D eigenvalue weighted by Gasteiger charge is 2.29. The molecule has 0 fully saturated rings. The number of thiophene rings is 1. The minimum absolute atomic E-state index is 0.275. The number of halogens is 1. The van der Waals surface area contributed by atoms with Gasteiger partial charge in [0.2, 0.25) is 5.91 Å². The van der Waals surface area contributed by atoms with Gasteiger partial charge >= 0.3 is 5.97 Å². The third-order valence-electron chi connectivity index (χ3n) is 2.75. The maximum Gasteiger partial charge on any atom is 0.328 e. The number of nitrogens with one attached hydrogen (secondary N) is 2. The van der Waals surface area contributed by atoms with Gasteiger partial charge in [-0.2, -0.15) is 0 Å². The summed E-state index contributed by atoms with van der Waals surface area (Å²) in [5.74, 6) is -2.88. The van der Waals surface area contributed by atoms with Crippen LogP contribution in [0.1, 0.15) is 23.5 Å². The van der Waals surface area contributed by atoms with E-state index < -0.39 is 36.5 Å². The van der Waals surface area contributed by atoms with E-state index in [0.29, 0.717) is 4.88 Å². The van der Waals surface area contributed by atoms with E-state index in [2.05, 4.69) is 10.6 Å². The number of hydrogen-bond donors (Lipinski definition) is 3. The predicted octanol–water partition coefficient (Wildman–Crippen LogP) is 1.04. The zero-order valence-electron chi connectivity index (χ0n) is 11.6. The van der Waals surface area contributed by atoms with Gasteiger partial charge in [0.05, 0.1) is 4.88 Å². The molecule has 0 radical (unpaired) electrons. The number of aliphatic carboxylic acids is 1. The lowest BCUT2D eigenvalue weighted by Crippen LogP contribution is -2.54. The van der Waals surface area contributed by atoms with E-state index in [1.54, 1.807) is 31.4 Å². The molecule has 2 unspecified atom stereocenters. The molecular formula is C13H17FN2O4S. The van der Waals surface area contributed by atoms with Crippen LogP contribution in [0.4, 0.5) is 4.39 Å². The second-order valence-electron chi connectivity index (χ2n) is 4.73. The Bertz CT molecular complexity index is 504. The Hall–Kier alpha value is -1.96. The van der Waals surface area contributed by atoms with Crippen molar-refractivity contribution in [2.24, 2.45) is 5.92 Å². The van der Waals surface area contributed by atoms with E-state index in [4.69, 9.17) is 5.11 Å². The van der Waals surface area contributed by atoms with Gasteiger partial charge in [-0.15, -0.1) is 11.3 Å². The Morgan fingerprint density at radius 1 is 1.33 bits per heavy atom. The molecule has 1 aromatic rings. The minimum atomic E-state index is -1.61. The molecule has 116 valence electrons. The summed E-state index contributed by atoms with van der Waals surface area (Å²) in [6.45, 7) is 2.18. The molecule has 0 saturated carbocycles. The molecule has 6 nitrogen and oxygen atoms in total. The van der Waals surface area contributed by atoms with Crippen molar-refractivity contribution in [3.63, 3.8) is 0 Å². The lowest BCUT2D eigenvalue weighted by molar-refractivity contribution is -0.142. The number of rotatable bonds is 7. The van der Waals surface area contributed by atoms with Crippen LogP contribution in [0.5, 0.6) is 0 Å². The molecule has 1 aromatic heterocycles. The fourth-order valence-corrected chi connectivity index (χ4v) is 2.21. The highest BCUT2D eigenvalue weighted by Crippen LogP contribution is 2.10. The third-order valence-corrected chi connectivity index (χ3v) is 3.62. The van der Waals surface area contributed by atoms with E-state index in [9.17, 15) is 18.8 Å². The van der Waals surface area contributed by atoms with Crippen molar-refractivity contribution in [2.75, 3.05) is 6.67 Å². The molecule has 0 spiro atoms. The summed E-state index contributed by atoms with van der Waals surface area (Å²) < 4.78 is 12.5. The van der Waals surface area contributed by atoms with Crippen LogP contribution in [0.2, 0.25) is 0 Å². The van der Waals surface area contributed by atoms with Crippen LogP contribution >= 0.6 is 11.3 Å². The van der Waals surface area contributed by atoms with Gasteiger partial charge in [-0.3, -0.25) is 9.59 Å². The Morgan fingerprint density at radius 2 is 2.00 bits per heavy atom. The van der Waals surface area contributed by atoms with E-state index in [1.807, 2.05) is 0 Å². The average Bonchev–Trinajstić information content (AvgIpc) is 2.94. The van der Waals surface area contributed by atoms with Crippen LogP contribution in [0.25, 0.3) is 0 Å². The van der Waals surface area contributed by atoms with Crippen molar-refractivity contribution in [1.82, 2.24) is 10.6 Å². The van der Waals surface area contributed by atoms with Crippen molar-refractivity contribution in [3.05, 3.63) is 22.4 Å². The van der Waals surface area contributed by atoms with Gasteiger partial charge in [0, 0.05) is 0 Å². The van der Waals surface area contributed by atoms with Gasteiger partial charge in [0.15, 0.2) is 6.04 Å². The first-order valence-electron chi connectivity index (χ1n) is 6.30. The fourth-order valence-electron chi connectivity index (χ4n) is 1.58. The molecule has 0 aliphatic rings. The first-order chi connectivity index (χ1) is 9.86. The number of carboxylic acids is 1. The SMILES string of the molecule is CC(C)C(NC(=O)c1cccs1)C(=O)NC(CF)C(=O)O. The second kappa shape index (κ2) is 7.72. The molecule has 8 heteroatoms. The van der Waals surface area contributed by atoms with Gasteiger partial charge in [-0.1, -0.05) is 19.9 Å². The molecule has 2 atom stereocenters. The maximum atomic E-state index is 12.5. The summed E-state index contributed by atoms with van der Waals surface area (Å²) in [5.41, 5.74) is 0. The molecular weight excluding hydrogens is 299 g/mol. The van der Waals surface area contributed by atoms with Crippen molar-refractivity contribution >= 4 is 29.1 Å². The zero-order valence-corrected chi connectivity index (χ0v) is 12.4. The van der Waals surface area contributed by atoms with Gasteiger partial charge in [0.1, 0.15) is 12.7 Å². The minimum Gasteiger partial charge on any atom is -0.480 e. The smallest absolute Gasteiger partial charge is 0.328 e. The van der Waals surface area contributed by atoms with Gasteiger partial charge in [-0.05, 0) is 17.4 Å². The monoisotopic (exact) mass is 316 g/mol. The molecule has 0 aromatic carbocycles. The molecule has 2 amide bonds. The highest BCUT2D eigenvalue weighted by molar-refractivity contribution is 7.12. The summed E-state index contributed by atoms with van der Waals surface area (Å²) in [5, 5.41) is 15.1. The molecule has 0 saturated heterocycles. The Balaban J connectivity index is 2.75.